The van der Waals surface area contributed by atoms with Crippen molar-refractivity contribution in [2.24, 2.45) is 0 Å². The molecule has 1 aliphatic rings. The largest absolute Gasteiger partial charge is 0.419 e. The maximum atomic E-state index is 13.5. The molecule has 30 heavy (non-hydrogen) atoms. The third-order valence-corrected chi connectivity index (χ3v) is 5.23. The van der Waals surface area contributed by atoms with E-state index in [0.717, 1.165) is 13.1 Å². The summed E-state index contributed by atoms with van der Waals surface area (Å²) in [5.41, 5.74) is 0.473. The fourth-order valence-electron chi connectivity index (χ4n) is 3.55. The van der Waals surface area contributed by atoms with Crippen LogP contribution >= 0.6 is 0 Å². The molecule has 154 valence electrons. The number of rotatable bonds is 2. The van der Waals surface area contributed by atoms with Crippen LogP contribution in [0.2, 0.25) is 0 Å². The number of pyridine rings is 2. The number of fused-ring (bicyclic) bond motifs is 2. The summed E-state index contributed by atoms with van der Waals surface area (Å²) in [6.45, 7) is 0.175. The normalized spacial score (nSPS) is 19.2. The predicted molar refractivity (Wildman–Crippen MR) is 97.5 cm³/mol. The zero-order chi connectivity index (χ0) is 21.1. The molecule has 5 rings (SSSR count). The van der Waals surface area contributed by atoms with Gasteiger partial charge in [-0.2, -0.15) is 23.4 Å². The fourth-order valence-corrected chi connectivity index (χ4v) is 3.55. The predicted octanol–water partition coefficient (Wildman–Crippen LogP) is 3.87. The van der Waals surface area contributed by atoms with E-state index < -0.39 is 24.1 Å². The molecule has 1 unspecified atom stereocenters. The monoisotopic (exact) mass is 418 g/mol. The standard InChI is InChI=1S/C19H14F4N6O/c1-18(19(21,22)23)9-29-14(8-30-18)15(11-4-5-24-17-12(11)7-26-27-17)16(28-29)13-3-2-10(20)6-25-13/h2-7H,8-9H2,1H3,(H,24,26,27). The van der Waals surface area contributed by atoms with Crippen LogP contribution in [0, 0.1) is 5.82 Å². The molecule has 0 spiro atoms. The molecule has 11 heteroatoms. The number of nitrogens with one attached hydrogen (secondary N) is 1. The van der Waals surface area contributed by atoms with Gasteiger partial charge in [0, 0.05) is 22.7 Å². The SMILES string of the molecule is CC1(C(F)(F)F)Cn2nc(-c3ccc(F)cn3)c(-c3ccnc4[nH]ncc34)c2CO1. The summed E-state index contributed by atoms with van der Waals surface area (Å²) in [7, 11) is 0. The Hall–Kier alpha value is -3.34. The van der Waals surface area contributed by atoms with Crippen molar-refractivity contribution in [2.45, 2.75) is 31.9 Å². The van der Waals surface area contributed by atoms with Crippen LogP contribution in [0.3, 0.4) is 0 Å². The van der Waals surface area contributed by atoms with Crippen molar-refractivity contribution in [1.82, 2.24) is 29.9 Å². The van der Waals surface area contributed by atoms with Crippen LogP contribution in [0.25, 0.3) is 33.5 Å². The van der Waals surface area contributed by atoms with E-state index in [1.54, 1.807) is 18.5 Å². The second-order valence-corrected chi connectivity index (χ2v) is 7.20. The van der Waals surface area contributed by atoms with Gasteiger partial charge in [0.05, 0.1) is 36.9 Å². The van der Waals surface area contributed by atoms with Gasteiger partial charge in [0.1, 0.15) is 11.5 Å². The Balaban J connectivity index is 1.75. The highest BCUT2D eigenvalue weighted by Crippen LogP contribution is 2.43. The quantitative estimate of drug-likeness (QED) is 0.500. The molecule has 0 bridgehead atoms. The van der Waals surface area contributed by atoms with Crippen LogP contribution in [0.5, 0.6) is 0 Å². The molecular weight excluding hydrogens is 404 g/mol. The number of alkyl halides is 3. The summed E-state index contributed by atoms with van der Waals surface area (Å²) in [5.74, 6) is -0.529. The highest BCUT2D eigenvalue weighted by Gasteiger charge is 2.55. The lowest BCUT2D eigenvalue weighted by atomic mass is 9.98. The summed E-state index contributed by atoms with van der Waals surface area (Å²) in [4.78, 5) is 8.28. The number of halogens is 4. The van der Waals surface area contributed by atoms with Gasteiger partial charge in [-0.15, -0.1) is 0 Å². The van der Waals surface area contributed by atoms with Crippen molar-refractivity contribution in [2.75, 3.05) is 0 Å². The highest BCUT2D eigenvalue weighted by molar-refractivity contribution is 5.97. The molecule has 0 aromatic carbocycles. The summed E-state index contributed by atoms with van der Waals surface area (Å²) < 4.78 is 60.6. The number of aromatic amines is 1. The second kappa shape index (κ2) is 6.33. The number of hydrogen-bond acceptors (Lipinski definition) is 5. The van der Waals surface area contributed by atoms with E-state index in [4.69, 9.17) is 4.74 Å². The van der Waals surface area contributed by atoms with E-state index in [1.807, 2.05) is 0 Å². The first-order valence-corrected chi connectivity index (χ1v) is 8.97. The van der Waals surface area contributed by atoms with E-state index in [1.165, 1.54) is 16.8 Å². The van der Waals surface area contributed by atoms with Gasteiger partial charge in [0.25, 0.3) is 0 Å². The first-order valence-electron chi connectivity index (χ1n) is 8.97. The first kappa shape index (κ1) is 18.7. The maximum Gasteiger partial charge on any atom is 0.419 e. The third-order valence-electron chi connectivity index (χ3n) is 5.23. The molecule has 0 aliphatic carbocycles. The molecule has 4 aromatic heterocycles. The summed E-state index contributed by atoms with van der Waals surface area (Å²) in [6.07, 6.45) is -0.397. The number of nitrogens with zero attached hydrogens (tertiary/aromatic N) is 5. The highest BCUT2D eigenvalue weighted by atomic mass is 19.4. The van der Waals surface area contributed by atoms with Gasteiger partial charge in [-0.3, -0.25) is 14.8 Å². The van der Waals surface area contributed by atoms with Gasteiger partial charge < -0.3 is 4.74 Å². The average Bonchev–Trinajstić information content (AvgIpc) is 3.31. The molecule has 1 N–H and O–H groups in total. The molecule has 7 nitrogen and oxygen atoms in total. The van der Waals surface area contributed by atoms with Crippen LogP contribution in [0.4, 0.5) is 17.6 Å². The van der Waals surface area contributed by atoms with E-state index in [0.29, 0.717) is 39.2 Å². The molecule has 0 saturated carbocycles. The number of aromatic nitrogens is 6. The molecule has 4 aromatic rings. The van der Waals surface area contributed by atoms with Crippen molar-refractivity contribution < 1.29 is 22.3 Å². The van der Waals surface area contributed by atoms with Crippen molar-refractivity contribution in [3.8, 4) is 22.5 Å². The van der Waals surface area contributed by atoms with Crippen molar-refractivity contribution in [3.05, 3.63) is 48.3 Å². The van der Waals surface area contributed by atoms with E-state index >= 15 is 0 Å². The number of ether oxygens (including phenoxy) is 1. The van der Waals surface area contributed by atoms with E-state index in [9.17, 15) is 17.6 Å². The van der Waals surface area contributed by atoms with Crippen LogP contribution in [-0.2, 0) is 17.9 Å². The molecule has 1 aliphatic heterocycles. The Morgan fingerprint density at radius 3 is 2.73 bits per heavy atom. The van der Waals surface area contributed by atoms with E-state index in [-0.39, 0.29) is 6.61 Å². The van der Waals surface area contributed by atoms with Crippen molar-refractivity contribution >= 4 is 11.0 Å². The minimum Gasteiger partial charge on any atom is -0.358 e. The molecular formula is C19H14F4N6O. The van der Waals surface area contributed by atoms with Crippen LogP contribution < -0.4 is 0 Å². The zero-order valence-electron chi connectivity index (χ0n) is 15.5. The lowest BCUT2D eigenvalue weighted by Gasteiger charge is -2.36. The molecule has 0 amide bonds. The first-order chi connectivity index (χ1) is 14.3. The van der Waals surface area contributed by atoms with Gasteiger partial charge >= 0.3 is 6.18 Å². The smallest absolute Gasteiger partial charge is 0.358 e. The van der Waals surface area contributed by atoms with Gasteiger partial charge in [0.15, 0.2) is 11.2 Å². The molecule has 0 saturated heterocycles. The van der Waals surface area contributed by atoms with Crippen molar-refractivity contribution in [1.29, 1.82) is 0 Å². The van der Waals surface area contributed by atoms with Gasteiger partial charge in [-0.1, -0.05) is 0 Å². The summed E-state index contributed by atoms with van der Waals surface area (Å²) in [5, 5.41) is 11.9. The Morgan fingerprint density at radius 1 is 1.17 bits per heavy atom. The van der Waals surface area contributed by atoms with Gasteiger partial charge in [-0.25, -0.2) is 9.37 Å². The zero-order valence-corrected chi connectivity index (χ0v) is 15.5. The lowest BCUT2D eigenvalue weighted by molar-refractivity contribution is -0.287. The summed E-state index contributed by atoms with van der Waals surface area (Å²) in [6, 6.07) is 4.38. The minimum atomic E-state index is -4.57. The van der Waals surface area contributed by atoms with E-state index in [2.05, 4.69) is 25.3 Å². The van der Waals surface area contributed by atoms with Gasteiger partial charge in [-0.05, 0) is 25.1 Å². The lowest BCUT2D eigenvalue weighted by Crippen LogP contribution is -2.51. The summed E-state index contributed by atoms with van der Waals surface area (Å²) >= 11 is 0. The van der Waals surface area contributed by atoms with Crippen LogP contribution in [-0.4, -0.2) is 41.7 Å². The number of H-pyrrole nitrogens is 1. The Labute approximate surface area is 166 Å². The molecule has 5 heterocycles. The Kier molecular flexibility index (Phi) is 3.94. The van der Waals surface area contributed by atoms with Crippen LogP contribution in [0.15, 0.2) is 36.8 Å². The maximum absolute atomic E-state index is 13.5. The third kappa shape index (κ3) is 2.76. The van der Waals surface area contributed by atoms with Crippen LogP contribution in [0.1, 0.15) is 12.6 Å². The second-order valence-electron chi connectivity index (χ2n) is 7.20. The Morgan fingerprint density at radius 2 is 2.00 bits per heavy atom. The van der Waals surface area contributed by atoms with Gasteiger partial charge in [0.2, 0.25) is 0 Å². The average molecular weight is 418 g/mol. The number of hydrogen-bond donors (Lipinski definition) is 1. The minimum absolute atomic E-state index is 0.304. The molecule has 0 fully saturated rings. The molecule has 1 atom stereocenters. The topological polar surface area (TPSA) is 81.5 Å². The fraction of sp³-hybridized carbons (Fsp3) is 0.263. The molecule has 0 radical (unpaired) electrons. The Bertz CT molecular complexity index is 1250. The van der Waals surface area contributed by atoms with Crippen molar-refractivity contribution in [3.63, 3.8) is 0 Å².